The van der Waals surface area contributed by atoms with Crippen molar-refractivity contribution in [1.29, 1.82) is 0 Å². The van der Waals surface area contributed by atoms with Gasteiger partial charge < -0.3 is 5.11 Å². The summed E-state index contributed by atoms with van der Waals surface area (Å²) in [7, 11) is 1.70. The van der Waals surface area contributed by atoms with Crippen LogP contribution in [0.1, 0.15) is 18.2 Å². The lowest BCUT2D eigenvalue weighted by atomic mass is 10.2. The van der Waals surface area contributed by atoms with Crippen LogP contribution in [0.5, 0.6) is 0 Å². The smallest absolute Gasteiger partial charge is 0.330 e. The number of nitrogens with zero attached hydrogens (tertiary/aromatic N) is 2. The first-order chi connectivity index (χ1) is 8.02. The normalized spacial score (nSPS) is 25.4. The number of aliphatic hydroxyl groups excluding tert-OH is 1. The standard InChI is InChI=1S/C10H15N3O4/c1-6-4-13(10(16)11-9(6)15)8-3-7(5-14)12(2)17-8/h4,7-8,14H,3,5H2,1-2H3,(H,11,15,16)/t7-,8+/m0/s1. The van der Waals surface area contributed by atoms with E-state index in [0.29, 0.717) is 12.0 Å². The lowest BCUT2D eigenvalue weighted by molar-refractivity contribution is -0.170. The summed E-state index contributed by atoms with van der Waals surface area (Å²) in [5, 5.41) is 10.6. The highest BCUT2D eigenvalue weighted by Gasteiger charge is 2.32. The Kier molecular flexibility index (Phi) is 3.14. The molecule has 0 aliphatic carbocycles. The van der Waals surface area contributed by atoms with Gasteiger partial charge >= 0.3 is 5.69 Å². The summed E-state index contributed by atoms with van der Waals surface area (Å²) in [6, 6.07) is -0.140. The zero-order valence-corrected chi connectivity index (χ0v) is 9.71. The number of hydroxylamine groups is 2. The van der Waals surface area contributed by atoms with Crippen LogP contribution in [0.4, 0.5) is 0 Å². The predicted octanol–water partition coefficient (Wildman–Crippen LogP) is -1.03. The molecule has 0 aromatic carbocycles. The van der Waals surface area contributed by atoms with Gasteiger partial charge in [0.05, 0.1) is 12.6 Å². The molecule has 7 nitrogen and oxygen atoms in total. The van der Waals surface area contributed by atoms with Crippen molar-refractivity contribution in [3.8, 4) is 0 Å². The number of hydrogen-bond acceptors (Lipinski definition) is 5. The van der Waals surface area contributed by atoms with Gasteiger partial charge in [0, 0.05) is 25.2 Å². The maximum absolute atomic E-state index is 11.6. The first-order valence-electron chi connectivity index (χ1n) is 5.35. The fraction of sp³-hybridized carbons (Fsp3) is 0.600. The summed E-state index contributed by atoms with van der Waals surface area (Å²) < 4.78 is 1.34. The number of likely N-dealkylation sites (N-methyl/N-ethyl adjacent to an activating group) is 1. The third-order valence-corrected chi connectivity index (χ3v) is 2.94. The van der Waals surface area contributed by atoms with Crippen molar-refractivity contribution in [2.75, 3.05) is 13.7 Å². The van der Waals surface area contributed by atoms with Gasteiger partial charge in [0.1, 0.15) is 0 Å². The predicted molar refractivity (Wildman–Crippen MR) is 59.4 cm³/mol. The second-order valence-corrected chi connectivity index (χ2v) is 4.16. The van der Waals surface area contributed by atoms with E-state index >= 15 is 0 Å². The molecule has 0 spiro atoms. The average Bonchev–Trinajstić information content (AvgIpc) is 2.65. The van der Waals surface area contributed by atoms with Gasteiger partial charge in [-0.1, -0.05) is 0 Å². The minimum absolute atomic E-state index is 0.0376. The summed E-state index contributed by atoms with van der Waals surface area (Å²) in [6.45, 7) is 1.58. The monoisotopic (exact) mass is 241 g/mol. The Balaban J connectivity index is 2.34. The fourth-order valence-corrected chi connectivity index (χ4v) is 1.86. The van der Waals surface area contributed by atoms with Crippen LogP contribution in [0, 0.1) is 6.92 Å². The first-order valence-corrected chi connectivity index (χ1v) is 5.35. The Morgan fingerprint density at radius 2 is 2.29 bits per heavy atom. The number of hydrogen-bond donors (Lipinski definition) is 2. The van der Waals surface area contributed by atoms with Gasteiger partial charge in [-0.25, -0.2) is 4.79 Å². The van der Waals surface area contributed by atoms with E-state index in [0.717, 1.165) is 0 Å². The molecule has 1 aromatic rings. The Hall–Kier alpha value is -1.44. The van der Waals surface area contributed by atoms with E-state index in [2.05, 4.69) is 4.98 Å². The molecule has 1 fully saturated rings. The van der Waals surface area contributed by atoms with Crippen LogP contribution in [-0.2, 0) is 4.84 Å². The second-order valence-electron chi connectivity index (χ2n) is 4.16. The minimum Gasteiger partial charge on any atom is -0.395 e. The molecule has 0 saturated carbocycles. The number of aromatic amines is 1. The number of aliphatic hydroxyl groups is 1. The van der Waals surface area contributed by atoms with Crippen LogP contribution in [-0.4, -0.2) is 39.4 Å². The molecule has 94 valence electrons. The third kappa shape index (κ3) is 2.17. The zero-order valence-electron chi connectivity index (χ0n) is 9.71. The van der Waals surface area contributed by atoms with Crippen molar-refractivity contribution in [2.24, 2.45) is 0 Å². The molecule has 0 unspecified atom stereocenters. The number of aromatic nitrogens is 2. The summed E-state index contributed by atoms with van der Waals surface area (Å²) >= 11 is 0. The van der Waals surface area contributed by atoms with E-state index in [1.54, 1.807) is 14.0 Å². The van der Waals surface area contributed by atoms with E-state index < -0.39 is 17.5 Å². The summed E-state index contributed by atoms with van der Waals surface area (Å²) in [6.07, 6.45) is 1.48. The highest BCUT2D eigenvalue weighted by atomic mass is 16.7. The largest absolute Gasteiger partial charge is 0.395 e. The van der Waals surface area contributed by atoms with E-state index in [4.69, 9.17) is 9.94 Å². The molecule has 1 saturated heterocycles. The van der Waals surface area contributed by atoms with Crippen LogP contribution in [0.2, 0.25) is 0 Å². The van der Waals surface area contributed by atoms with Gasteiger partial charge in [0.2, 0.25) is 0 Å². The van der Waals surface area contributed by atoms with E-state index in [1.807, 2.05) is 0 Å². The zero-order chi connectivity index (χ0) is 12.6. The van der Waals surface area contributed by atoms with Crippen molar-refractivity contribution in [1.82, 2.24) is 14.6 Å². The molecule has 2 heterocycles. The molecular weight excluding hydrogens is 226 g/mol. The van der Waals surface area contributed by atoms with Crippen LogP contribution < -0.4 is 11.2 Å². The van der Waals surface area contributed by atoms with Crippen LogP contribution in [0.3, 0.4) is 0 Å². The Morgan fingerprint density at radius 3 is 2.88 bits per heavy atom. The topological polar surface area (TPSA) is 87.6 Å². The highest BCUT2D eigenvalue weighted by molar-refractivity contribution is 5.01. The summed E-state index contributed by atoms with van der Waals surface area (Å²) in [5.74, 6) is 0. The van der Waals surface area contributed by atoms with Gasteiger partial charge in [-0.3, -0.25) is 19.2 Å². The maximum atomic E-state index is 11.6. The van der Waals surface area contributed by atoms with Gasteiger partial charge in [-0.15, -0.1) is 0 Å². The molecule has 0 amide bonds. The number of aryl methyl sites for hydroxylation is 1. The van der Waals surface area contributed by atoms with Crippen molar-refractivity contribution in [3.05, 3.63) is 32.6 Å². The molecule has 2 atom stereocenters. The van der Waals surface area contributed by atoms with Crippen LogP contribution >= 0.6 is 0 Å². The molecule has 0 bridgehead atoms. The summed E-state index contributed by atoms with van der Waals surface area (Å²) in [4.78, 5) is 30.5. The van der Waals surface area contributed by atoms with Crippen LogP contribution in [0.15, 0.2) is 15.8 Å². The molecule has 1 aromatic heterocycles. The molecule has 2 rings (SSSR count). The third-order valence-electron chi connectivity index (χ3n) is 2.94. The van der Waals surface area contributed by atoms with E-state index in [1.165, 1.54) is 15.8 Å². The molecule has 1 aliphatic heterocycles. The quantitative estimate of drug-likeness (QED) is 0.691. The Labute approximate surface area is 97.2 Å². The highest BCUT2D eigenvalue weighted by Crippen LogP contribution is 2.25. The average molecular weight is 241 g/mol. The molecule has 7 heteroatoms. The summed E-state index contributed by atoms with van der Waals surface area (Å²) in [5.41, 5.74) is -0.447. The van der Waals surface area contributed by atoms with E-state index in [9.17, 15) is 9.59 Å². The van der Waals surface area contributed by atoms with Gasteiger partial charge in [-0.2, -0.15) is 5.06 Å². The molecule has 1 aliphatic rings. The SMILES string of the molecule is Cc1cn([C@H]2C[C@@H](CO)N(C)O2)c(=O)[nH]c1=O. The van der Waals surface area contributed by atoms with Gasteiger partial charge in [-0.05, 0) is 6.92 Å². The van der Waals surface area contributed by atoms with Crippen molar-refractivity contribution >= 4 is 0 Å². The van der Waals surface area contributed by atoms with E-state index in [-0.39, 0.29) is 12.6 Å². The van der Waals surface area contributed by atoms with Gasteiger partial charge in [0.15, 0.2) is 6.23 Å². The molecule has 2 N–H and O–H groups in total. The fourth-order valence-electron chi connectivity index (χ4n) is 1.86. The number of H-pyrrole nitrogens is 1. The van der Waals surface area contributed by atoms with Gasteiger partial charge in [0.25, 0.3) is 5.56 Å². The Bertz CT molecular complexity index is 521. The van der Waals surface area contributed by atoms with Crippen molar-refractivity contribution < 1.29 is 9.94 Å². The minimum atomic E-state index is -0.502. The number of rotatable bonds is 2. The lowest BCUT2D eigenvalue weighted by Crippen LogP contribution is -2.33. The lowest BCUT2D eigenvalue weighted by Gasteiger charge is -2.15. The molecule has 0 radical (unpaired) electrons. The first kappa shape index (κ1) is 12.0. The van der Waals surface area contributed by atoms with Crippen molar-refractivity contribution in [3.63, 3.8) is 0 Å². The second kappa shape index (κ2) is 4.44. The Morgan fingerprint density at radius 1 is 1.59 bits per heavy atom. The number of nitrogens with one attached hydrogen (secondary N) is 1. The maximum Gasteiger partial charge on any atom is 0.330 e. The van der Waals surface area contributed by atoms with Crippen LogP contribution in [0.25, 0.3) is 0 Å². The van der Waals surface area contributed by atoms with Crippen molar-refractivity contribution in [2.45, 2.75) is 25.6 Å². The molecular formula is C10H15N3O4. The molecule has 17 heavy (non-hydrogen) atoms.